The minimum absolute atomic E-state index is 0.228. The number of aryl methyl sites for hydroxylation is 1. The number of hydrogen-bond acceptors (Lipinski definition) is 4. The molecule has 0 bridgehead atoms. The van der Waals surface area contributed by atoms with E-state index >= 15 is 0 Å². The molecule has 1 rings (SSSR count). The van der Waals surface area contributed by atoms with E-state index in [9.17, 15) is 9.59 Å². The SMILES string of the molecule is CC(=O)NC(C)(C)C(=O)NCc1n[nH]c(C)n1. The fourth-order valence-electron chi connectivity index (χ4n) is 1.35. The highest BCUT2D eigenvalue weighted by atomic mass is 16.2. The molecule has 0 saturated carbocycles. The predicted octanol–water partition coefficient (Wildman–Crippen LogP) is -0.356. The second-order valence-corrected chi connectivity index (χ2v) is 4.33. The van der Waals surface area contributed by atoms with Crippen molar-refractivity contribution in [2.24, 2.45) is 0 Å². The van der Waals surface area contributed by atoms with Gasteiger partial charge in [-0.15, -0.1) is 0 Å². The first-order valence-electron chi connectivity index (χ1n) is 5.26. The molecule has 0 spiro atoms. The average molecular weight is 239 g/mol. The molecule has 3 N–H and O–H groups in total. The Kier molecular flexibility index (Phi) is 3.82. The number of amides is 2. The Balaban J connectivity index is 2.51. The normalized spacial score (nSPS) is 11.1. The summed E-state index contributed by atoms with van der Waals surface area (Å²) < 4.78 is 0. The number of aromatic amines is 1. The largest absolute Gasteiger partial charge is 0.347 e. The Bertz CT molecular complexity index is 424. The average Bonchev–Trinajstić information content (AvgIpc) is 2.58. The lowest BCUT2D eigenvalue weighted by Crippen LogP contribution is -2.54. The Morgan fingerprint density at radius 3 is 2.53 bits per heavy atom. The van der Waals surface area contributed by atoms with Crippen molar-refractivity contribution in [3.8, 4) is 0 Å². The number of rotatable bonds is 4. The molecule has 7 heteroatoms. The molecule has 0 fully saturated rings. The minimum Gasteiger partial charge on any atom is -0.347 e. The molecule has 0 atom stereocenters. The van der Waals surface area contributed by atoms with E-state index in [1.807, 2.05) is 0 Å². The highest BCUT2D eigenvalue weighted by Crippen LogP contribution is 2.02. The molecule has 0 radical (unpaired) electrons. The number of aromatic nitrogens is 3. The van der Waals surface area contributed by atoms with Gasteiger partial charge < -0.3 is 10.6 Å². The van der Waals surface area contributed by atoms with Gasteiger partial charge in [-0.25, -0.2) is 4.98 Å². The molecule has 1 aromatic heterocycles. The molecule has 0 aliphatic rings. The van der Waals surface area contributed by atoms with Crippen LogP contribution in [0, 0.1) is 6.92 Å². The van der Waals surface area contributed by atoms with Crippen LogP contribution in [0.1, 0.15) is 32.4 Å². The minimum atomic E-state index is -0.947. The maximum absolute atomic E-state index is 11.8. The van der Waals surface area contributed by atoms with Crippen molar-refractivity contribution in [3.63, 3.8) is 0 Å². The fourth-order valence-corrected chi connectivity index (χ4v) is 1.35. The van der Waals surface area contributed by atoms with E-state index in [0.29, 0.717) is 11.6 Å². The van der Waals surface area contributed by atoms with Crippen molar-refractivity contribution in [2.45, 2.75) is 39.8 Å². The number of hydrogen-bond donors (Lipinski definition) is 3. The third kappa shape index (κ3) is 3.86. The summed E-state index contributed by atoms with van der Waals surface area (Å²) >= 11 is 0. The maximum Gasteiger partial charge on any atom is 0.245 e. The van der Waals surface area contributed by atoms with Crippen LogP contribution >= 0.6 is 0 Å². The summed E-state index contributed by atoms with van der Waals surface area (Å²) in [5.74, 6) is 0.666. The smallest absolute Gasteiger partial charge is 0.245 e. The second kappa shape index (κ2) is 4.94. The Morgan fingerprint density at radius 1 is 1.41 bits per heavy atom. The van der Waals surface area contributed by atoms with Crippen LogP contribution in [-0.4, -0.2) is 32.5 Å². The van der Waals surface area contributed by atoms with Crippen LogP contribution < -0.4 is 10.6 Å². The monoisotopic (exact) mass is 239 g/mol. The van der Waals surface area contributed by atoms with E-state index in [0.717, 1.165) is 0 Å². The van der Waals surface area contributed by atoms with Crippen molar-refractivity contribution < 1.29 is 9.59 Å². The first-order valence-corrected chi connectivity index (χ1v) is 5.26. The molecule has 0 aliphatic carbocycles. The number of carbonyl (C=O) groups excluding carboxylic acids is 2. The summed E-state index contributed by atoms with van der Waals surface area (Å²) in [6.45, 7) is 6.64. The Hall–Kier alpha value is -1.92. The van der Waals surface area contributed by atoms with Crippen molar-refractivity contribution in [1.82, 2.24) is 25.8 Å². The summed E-state index contributed by atoms with van der Waals surface area (Å²) in [5.41, 5.74) is -0.947. The van der Waals surface area contributed by atoms with Crippen molar-refractivity contribution in [1.29, 1.82) is 0 Å². The van der Waals surface area contributed by atoms with Crippen molar-refractivity contribution >= 4 is 11.8 Å². The van der Waals surface area contributed by atoms with E-state index < -0.39 is 5.54 Å². The van der Waals surface area contributed by atoms with Gasteiger partial charge in [0.15, 0.2) is 5.82 Å². The van der Waals surface area contributed by atoms with Gasteiger partial charge in [-0.1, -0.05) is 0 Å². The highest BCUT2D eigenvalue weighted by Gasteiger charge is 2.28. The van der Waals surface area contributed by atoms with Gasteiger partial charge in [-0.05, 0) is 20.8 Å². The lowest BCUT2D eigenvalue weighted by Gasteiger charge is -2.23. The maximum atomic E-state index is 11.8. The predicted molar refractivity (Wildman–Crippen MR) is 60.9 cm³/mol. The van der Waals surface area contributed by atoms with E-state index in [4.69, 9.17) is 0 Å². The number of H-pyrrole nitrogens is 1. The van der Waals surface area contributed by atoms with Gasteiger partial charge in [-0.3, -0.25) is 14.7 Å². The van der Waals surface area contributed by atoms with Gasteiger partial charge in [0.2, 0.25) is 11.8 Å². The first kappa shape index (κ1) is 13.1. The Labute approximate surface area is 99.4 Å². The zero-order chi connectivity index (χ0) is 13.1. The molecule has 0 aromatic carbocycles. The number of nitrogens with one attached hydrogen (secondary N) is 3. The quantitative estimate of drug-likeness (QED) is 0.668. The third-order valence-electron chi connectivity index (χ3n) is 2.11. The topological polar surface area (TPSA) is 99.8 Å². The molecular weight excluding hydrogens is 222 g/mol. The van der Waals surface area contributed by atoms with Gasteiger partial charge in [0, 0.05) is 6.92 Å². The molecule has 0 unspecified atom stereocenters. The van der Waals surface area contributed by atoms with Crippen LogP contribution in [0.5, 0.6) is 0 Å². The number of carbonyl (C=O) groups is 2. The first-order chi connectivity index (χ1) is 7.81. The van der Waals surface area contributed by atoms with Gasteiger partial charge >= 0.3 is 0 Å². The van der Waals surface area contributed by atoms with E-state index in [1.54, 1.807) is 20.8 Å². The number of nitrogens with zero attached hydrogens (tertiary/aromatic N) is 2. The van der Waals surface area contributed by atoms with Crippen molar-refractivity contribution in [3.05, 3.63) is 11.6 Å². The molecule has 94 valence electrons. The summed E-state index contributed by atoms with van der Waals surface area (Å²) in [6, 6.07) is 0. The molecule has 0 aliphatic heterocycles. The van der Waals surface area contributed by atoms with Crippen LogP contribution in [0.25, 0.3) is 0 Å². The van der Waals surface area contributed by atoms with E-state index in [1.165, 1.54) is 6.92 Å². The van der Waals surface area contributed by atoms with Crippen LogP contribution in [-0.2, 0) is 16.1 Å². The Morgan fingerprint density at radius 2 is 2.06 bits per heavy atom. The molecular formula is C10H17N5O2. The zero-order valence-corrected chi connectivity index (χ0v) is 10.4. The zero-order valence-electron chi connectivity index (χ0n) is 10.4. The van der Waals surface area contributed by atoms with E-state index in [-0.39, 0.29) is 18.4 Å². The third-order valence-corrected chi connectivity index (χ3v) is 2.11. The summed E-state index contributed by atoms with van der Waals surface area (Å²) in [5, 5.41) is 11.8. The standard InChI is InChI=1S/C10H17N5O2/c1-6-12-8(15-14-6)5-11-9(17)10(3,4)13-7(2)16/h5H2,1-4H3,(H,11,17)(H,13,16)(H,12,14,15). The second-order valence-electron chi connectivity index (χ2n) is 4.33. The molecule has 1 aromatic rings. The lowest BCUT2D eigenvalue weighted by atomic mass is 10.0. The van der Waals surface area contributed by atoms with Gasteiger partial charge in [-0.2, -0.15) is 5.10 Å². The van der Waals surface area contributed by atoms with Gasteiger partial charge in [0.1, 0.15) is 11.4 Å². The molecule has 17 heavy (non-hydrogen) atoms. The summed E-state index contributed by atoms with van der Waals surface area (Å²) in [7, 11) is 0. The van der Waals surface area contributed by atoms with E-state index in [2.05, 4.69) is 25.8 Å². The molecule has 1 heterocycles. The van der Waals surface area contributed by atoms with Gasteiger partial charge in [0.25, 0.3) is 0 Å². The molecule has 7 nitrogen and oxygen atoms in total. The van der Waals surface area contributed by atoms with Crippen LogP contribution in [0.3, 0.4) is 0 Å². The van der Waals surface area contributed by atoms with Crippen LogP contribution in [0.4, 0.5) is 0 Å². The fraction of sp³-hybridized carbons (Fsp3) is 0.600. The van der Waals surface area contributed by atoms with Crippen LogP contribution in [0.15, 0.2) is 0 Å². The summed E-state index contributed by atoms with van der Waals surface area (Å²) in [6.07, 6.45) is 0. The molecule has 2 amide bonds. The molecule has 0 saturated heterocycles. The van der Waals surface area contributed by atoms with Crippen LogP contribution in [0.2, 0.25) is 0 Å². The lowest BCUT2D eigenvalue weighted by molar-refractivity contribution is -0.131. The van der Waals surface area contributed by atoms with Gasteiger partial charge in [0.05, 0.1) is 6.54 Å². The summed E-state index contributed by atoms with van der Waals surface area (Å²) in [4.78, 5) is 26.8. The highest BCUT2D eigenvalue weighted by molar-refractivity contribution is 5.89. The van der Waals surface area contributed by atoms with Crippen molar-refractivity contribution in [2.75, 3.05) is 0 Å².